The number of thioether (sulfide) groups is 1. The molecule has 1 aliphatic heterocycles. The summed E-state index contributed by atoms with van der Waals surface area (Å²) in [6.45, 7) is 3.81. The molecule has 0 aromatic heterocycles. The fourth-order valence-electron chi connectivity index (χ4n) is 2.40. The van der Waals surface area contributed by atoms with Gasteiger partial charge in [0.2, 0.25) is 0 Å². The Bertz CT molecular complexity index is 391. The van der Waals surface area contributed by atoms with Gasteiger partial charge in [-0.1, -0.05) is 18.2 Å². The normalized spacial score (nSPS) is 19.9. The number of rotatable bonds is 5. The number of hydrogen-bond acceptors (Lipinski definition) is 4. The van der Waals surface area contributed by atoms with Gasteiger partial charge in [-0.25, -0.2) is 0 Å². The standard InChI is InChI=1S/C15H23NO2S/c1-11(16)15(19-12-7-9-18-10-8-12)13-5-3-4-6-14(13)17-2/h3-6,11-12,15H,7-10,16H2,1-2H3. The van der Waals surface area contributed by atoms with Gasteiger partial charge >= 0.3 is 0 Å². The molecular weight excluding hydrogens is 258 g/mol. The quantitative estimate of drug-likeness (QED) is 0.901. The van der Waals surface area contributed by atoms with Crippen LogP contribution < -0.4 is 10.5 Å². The third-order valence-electron chi connectivity index (χ3n) is 3.43. The summed E-state index contributed by atoms with van der Waals surface area (Å²) < 4.78 is 10.9. The predicted molar refractivity (Wildman–Crippen MR) is 80.8 cm³/mol. The van der Waals surface area contributed by atoms with Crippen LogP contribution in [-0.2, 0) is 4.74 Å². The molecule has 19 heavy (non-hydrogen) atoms. The van der Waals surface area contributed by atoms with Crippen LogP contribution in [0.1, 0.15) is 30.6 Å². The highest BCUT2D eigenvalue weighted by Gasteiger charge is 2.25. The molecule has 1 heterocycles. The predicted octanol–water partition coefficient (Wildman–Crippen LogP) is 3.00. The molecule has 0 radical (unpaired) electrons. The van der Waals surface area contributed by atoms with E-state index in [1.807, 2.05) is 23.9 Å². The zero-order valence-electron chi connectivity index (χ0n) is 11.7. The van der Waals surface area contributed by atoms with E-state index in [0.29, 0.717) is 5.25 Å². The maximum Gasteiger partial charge on any atom is 0.123 e. The summed E-state index contributed by atoms with van der Waals surface area (Å²) in [5.74, 6) is 0.935. The lowest BCUT2D eigenvalue weighted by molar-refractivity contribution is 0.0999. The van der Waals surface area contributed by atoms with E-state index in [4.69, 9.17) is 15.2 Å². The molecule has 0 saturated carbocycles. The molecule has 0 spiro atoms. The second-order valence-corrected chi connectivity index (χ2v) is 6.42. The highest BCUT2D eigenvalue weighted by molar-refractivity contribution is 8.00. The fourth-order valence-corrected chi connectivity index (χ4v) is 3.87. The highest BCUT2D eigenvalue weighted by Crippen LogP contribution is 2.41. The summed E-state index contributed by atoms with van der Waals surface area (Å²) in [6.07, 6.45) is 2.23. The zero-order chi connectivity index (χ0) is 13.7. The number of hydrogen-bond donors (Lipinski definition) is 1. The molecule has 0 aliphatic carbocycles. The van der Waals surface area contributed by atoms with Crippen molar-refractivity contribution >= 4 is 11.8 Å². The molecule has 2 unspecified atom stereocenters. The molecule has 4 heteroatoms. The maximum absolute atomic E-state index is 6.20. The van der Waals surface area contributed by atoms with E-state index in [-0.39, 0.29) is 11.3 Å². The summed E-state index contributed by atoms with van der Waals surface area (Å²) in [4.78, 5) is 0. The number of benzene rings is 1. The van der Waals surface area contributed by atoms with Gasteiger partial charge in [0.1, 0.15) is 5.75 Å². The van der Waals surface area contributed by atoms with Gasteiger partial charge in [-0.05, 0) is 25.8 Å². The molecule has 1 aromatic carbocycles. The van der Waals surface area contributed by atoms with Gasteiger partial charge in [-0.15, -0.1) is 11.8 Å². The third kappa shape index (κ3) is 3.88. The lowest BCUT2D eigenvalue weighted by Gasteiger charge is -2.29. The van der Waals surface area contributed by atoms with Crippen LogP contribution in [0.15, 0.2) is 24.3 Å². The molecule has 2 N–H and O–H groups in total. The van der Waals surface area contributed by atoms with Gasteiger partial charge in [-0.3, -0.25) is 0 Å². The van der Waals surface area contributed by atoms with Crippen molar-refractivity contribution < 1.29 is 9.47 Å². The Kier molecular flexibility index (Phi) is 5.55. The molecular formula is C15H23NO2S. The van der Waals surface area contributed by atoms with Crippen molar-refractivity contribution in [2.24, 2.45) is 5.73 Å². The Hall–Kier alpha value is -0.710. The van der Waals surface area contributed by atoms with E-state index >= 15 is 0 Å². The van der Waals surface area contributed by atoms with Gasteiger partial charge in [0, 0.05) is 35.3 Å². The first-order chi connectivity index (χ1) is 9.22. The number of nitrogens with two attached hydrogens (primary N) is 1. The van der Waals surface area contributed by atoms with E-state index in [9.17, 15) is 0 Å². The van der Waals surface area contributed by atoms with Crippen molar-refractivity contribution in [3.05, 3.63) is 29.8 Å². The second kappa shape index (κ2) is 7.17. The first kappa shape index (κ1) is 14.7. The van der Waals surface area contributed by atoms with Gasteiger partial charge in [0.15, 0.2) is 0 Å². The monoisotopic (exact) mass is 281 g/mol. The minimum Gasteiger partial charge on any atom is -0.496 e. The molecule has 1 aromatic rings. The van der Waals surface area contributed by atoms with Gasteiger partial charge in [-0.2, -0.15) is 0 Å². The lowest BCUT2D eigenvalue weighted by atomic mass is 10.1. The topological polar surface area (TPSA) is 44.5 Å². The van der Waals surface area contributed by atoms with Crippen molar-refractivity contribution in [3.63, 3.8) is 0 Å². The van der Waals surface area contributed by atoms with Crippen LogP contribution in [0, 0.1) is 0 Å². The lowest BCUT2D eigenvalue weighted by Crippen LogP contribution is -2.27. The first-order valence-electron chi connectivity index (χ1n) is 6.84. The average Bonchev–Trinajstić information content (AvgIpc) is 2.45. The van der Waals surface area contributed by atoms with E-state index < -0.39 is 0 Å². The van der Waals surface area contributed by atoms with E-state index in [1.165, 1.54) is 5.56 Å². The fraction of sp³-hybridized carbons (Fsp3) is 0.600. The SMILES string of the molecule is COc1ccccc1C(SC1CCOCC1)C(C)N. The Morgan fingerprint density at radius 3 is 2.63 bits per heavy atom. The van der Waals surface area contributed by atoms with Crippen molar-refractivity contribution in [3.8, 4) is 5.75 Å². The molecule has 2 atom stereocenters. The van der Waals surface area contributed by atoms with Crippen LogP contribution in [-0.4, -0.2) is 31.6 Å². The first-order valence-corrected chi connectivity index (χ1v) is 7.78. The molecule has 3 nitrogen and oxygen atoms in total. The molecule has 2 rings (SSSR count). The molecule has 0 bridgehead atoms. The molecule has 106 valence electrons. The molecule has 1 aliphatic rings. The number of methoxy groups -OCH3 is 1. The minimum absolute atomic E-state index is 0.101. The third-order valence-corrected chi connectivity index (χ3v) is 5.26. The van der Waals surface area contributed by atoms with Crippen molar-refractivity contribution in [1.82, 2.24) is 0 Å². The minimum atomic E-state index is 0.101. The Labute approximate surface area is 119 Å². The van der Waals surface area contributed by atoms with Gasteiger partial charge in [0.05, 0.1) is 7.11 Å². The molecule has 1 fully saturated rings. The summed E-state index contributed by atoms with van der Waals surface area (Å²) in [5, 5.41) is 0.911. The largest absolute Gasteiger partial charge is 0.496 e. The van der Waals surface area contributed by atoms with Crippen molar-refractivity contribution in [1.29, 1.82) is 0 Å². The Morgan fingerprint density at radius 1 is 1.32 bits per heavy atom. The summed E-state index contributed by atoms with van der Waals surface area (Å²) in [5.41, 5.74) is 7.41. The Morgan fingerprint density at radius 2 is 2.00 bits per heavy atom. The van der Waals surface area contributed by atoms with Crippen LogP contribution in [0.3, 0.4) is 0 Å². The van der Waals surface area contributed by atoms with Crippen molar-refractivity contribution in [2.45, 2.75) is 36.3 Å². The maximum atomic E-state index is 6.20. The second-order valence-electron chi connectivity index (χ2n) is 4.97. The summed E-state index contributed by atoms with van der Waals surface area (Å²) in [6, 6.07) is 8.29. The molecule has 1 saturated heterocycles. The van der Waals surface area contributed by atoms with Crippen LogP contribution >= 0.6 is 11.8 Å². The highest BCUT2D eigenvalue weighted by atomic mass is 32.2. The van der Waals surface area contributed by atoms with Crippen LogP contribution in [0.2, 0.25) is 0 Å². The van der Waals surface area contributed by atoms with E-state index in [0.717, 1.165) is 31.8 Å². The smallest absolute Gasteiger partial charge is 0.123 e. The summed E-state index contributed by atoms with van der Waals surface area (Å²) >= 11 is 1.97. The average molecular weight is 281 g/mol. The Balaban J connectivity index is 2.14. The van der Waals surface area contributed by atoms with Crippen LogP contribution in [0.4, 0.5) is 0 Å². The van der Waals surface area contributed by atoms with Crippen molar-refractivity contribution in [2.75, 3.05) is 20.3 Å². The number of para-hydroxylation sites is 1. The molecule has 0 amide bonds. The number of ether oxygens (including phenoxy) is 2. The summed E-state index contributed by atoms with van der Waals surface area (Å²) in [7, 11) is 1.72. The van der Waals surface area contributed by atoms with Gasteiger partial charge in [0.25, 0.3) is 0 Å². The van der Waals surface area contributed by atoms with E-state index in [1.54, 1.807) is 7.11 Å². The van der Waals surface area contributed by atoms with E-state index in [2.05, 4.69) is 19.1 Å². The van der Waals surface area contributed by atoms with Crippen LogP contribution in [0.25, 0.3) is 0 Å². The zero-order valence-corrected chi connectivity index (χ0v) is 12.5. The van der Waals surface area contributed by atoms with Gasteiger partial charge < -0.3 is 15.2 Å². The van der Waals surface area contributed by atoms with Crippen LogP contribution in [0.5, 0.6) is 5.75 Å².